The number of likely N-dealkylation sites (tertiary alicyclic amines) is 1. The van der Waals surface area contributed by atoms with E-state index in [1.54, 1.807) is 25.3 Å². The predicted octanol–water partition coefficient (Wildman–Crippen LogP) is 2.49. The van der Waals surface area contributed by atoms with Crippen molar-refractivity contribution in [2.45, 2.75) is 32.2 Å². The number of methoxy groups -OCH3 is 1. The van der Waals surface area contributed by atoms with Crippen molar-refractivity contribution in [1.82, 2.24) is 30.0 Å². The van der Waals surface area contributed by atoms with Crippen LogP contribution in [0, 0.1) is 18.3 Å². The number of hydrogen-bond donors (Lipinski definition) is 4. The maximum Gasteiger partial charge on any atom is 0.254 e. The van der Waals surface area contributed by atoms with Crippen LogP contribution in [0.5, 0.6) is 5.75 Å². The van der Waals surface area contributed by atoms with Crippen LogP contribution in [-0.2, 0) is 0 Å². The minimum atomic E-state index is -0.705. The third-order valence-corrected chi connectivity index (χ3v) is 6.43. The van der Waals surface area contributed by atoms with Crippen molar-refractivity contribution >= 4 is 35.0 Å². The molecule has 0 spiro atoms. The van der Waals surface area contributed by atoms with Crippen molar-refractivity contribution in [3.05, 3.63) is 47.4 Å². The summed E-state index contributed by atoms with van der Waals surface area (Å²) in [6, 6.07) is 5.52. The lowest BCUT2D eigenvalue weighted by Gasteiger charge is -2.29. The summed E-state index contributed by atoms with van der Waals surface area (Å²) in [6.45, 7) is 4.05. The van der Waals surface area contributed by atoms with E-state index in [-0.39, 0.29) is 36.2 Å². The van der Waals surface area contributed by atoms with Gasteiger partial charge < -0.3 is 31.3 Å². The van der Waals surface area contributed by atoms with Crippen molar-refractivity contribution in [1.29, 1.82) is 5.26 Å². The summed E-state index contributed by atoms with van der Waals surface area (Å²) in [5.74, 6) is -0.252. The van der Waals surface area contributed by atoms with Gasteiger partial charge in [0, 0.05) is 31.0 Å². The molecule has 1 aliphatic rings. The van der Waals surface area contributed by atoms with E-state index in [1.807, 2.05) is 16.9 Å². The van der Waals surface area contributed by atoms with Crippen molar-refractivity contribution < 1.29 is 14.3 Å². The van der Waals surface area contributed by atoms with Crippen LogP contribution in [-0.4, -0.2) is 70.3 Å². The van der Waals surface area contributed by atoms with Gasteiger partial charge in [0.1, 0.15) is 17.1 Å². The number of amides is 2. The monoisotopic (exact) mass is 532 g/mol. The summed E-state index contributed by atoms with van der Waals surface area (Å²) in [5, 5.41) is 22.2. The number of aromatic nitrogens is 4. The smallest absolute Gasteiger partial charge is 0.254 e. The molecule has 39 heavy (non-hydrogen) atoms. The number of aryl methyl sites for hydroxylation is 1. The molecule has 0 bridgehead atoms. The van der Waals surface area contributed by atoms with E-state index in [0.29, 0.717) is 34.3 Å². The van der Waals surface area contributed by atoms with Gasteiger partial charge in [-0.3, -0.25) is 14.3 Å². The van der Waals surface area contributed by atoms with Crippen LogP contribution in [0.4, 0.5) is 23.1 Å². The number of ether oxygens (including phenoxy) is 1. The number of nitriles is 1. The minimum absolute atomic E-state index is 0.0845. The van der Waals surface area contributed by atoms with Crippen molar-refractivity contribution in [2.75, 3.05) is 44.4 Å². The summed E-state index contributed by atoms with van der Waals surface area (Å²) < 4.78 is 7.47. The summed E-state index contributed by atoms with van der Waals surface area (Å²) in [7, 11) is 3.58. The van der Waals surface area contributed by atoms with Crippen LogP contribution >= 0.6 is 0 Å². The highest BCUT2D eigenvalue weighted by Crippen LogP contribution is 2.33. The highest BCUT2D eigenvalue weighted by molar-refractivity contribution is 5.99. The van der Waals surface area contributed by atoms with Crippen molar-refractivity contribution in [3.63, 3.8) is 0 Å². The van der Waals surface area contributed by atoms with Crippen LogP contribution in [0.25, 0.3) is 0 Å². The number of rotatable bonds is 10. The van der Waals surface area contributed by atoms with Crippen molar-refractivity contribution in [2.24, 2.45) is 5.73 Å². The first-order valence-electron chi connectivity index (χ1n) is 12.6. The van der Waals surface area contributed by atoms with Gasteiger partial charge in [-0.1, -0.05) is 0 Å². The van der Waals surface area contributed by atoms with Gasteiger partial charge in [-0.2, -0.15) is 15.3 Å². The first kappa shape index (κ1) is 27.3. The molecular weight excluding hydrogens is 500 g/mol. The first-order valence-corrected chi connectivity index (χ1v) is 12.6. The molecule has 4 rings (SSSR count). The van der Waals surface area contributed by atoms with E-state index in [2.05, 4.69) is 43.0 Å². The predicted molar refractivity (Wildman–Crippen MR) is 145 cm³/mol. The second-order valence-electron chi connectivity index (χ2n) is 9.37. The Morgan fingerprint density at radius 1 is 1.28 bits per heavy atom. The Kier molecular flexibility index (Phi) is 8.57. The summed E-state index contributed by atoms with van der Waals surface area (Å²) in [4.78, 5) is 35.7. The summed E-state index contributed by atoms with van der Waals surface area (Å²) >= 11 is 0. The van der Waals surface area contributed by atoms with Crippen LogP contribution in [0.15, 0.2) is 30.7 Å². The molecule has 204 valence electrons. The summed E-state index contributed by atoms with van der Waals surface area (Å²) in [5.41, 5.74) is 7.93. The maximum absolute atomic E-state index is 12.5. The van der Waals surface area contributed by atoms with Gasteiger partial charge in [-0.25, -0.2) is 4.98 Å². The Hall–Kier alpha value is -4.70. The molecule has 2 aromatic heterocycles. The highest BCUT2D eigenvalue weighted by Gasteiger charge is 2.21. The van der Waals surface area contributed by atoms with E-state index in [1.165, 1.54) is 13.3 Å². The number of likely N-dealkylation sites (N-methyl/N-ethyl adjacent to an activating group) is 1. The molecule has 2 amide bonds. The topological polar surface area (TPSA) is 176 Å². The fourth-order valence-corrected chi connectivity index (χ4v) is 4.46. The largest absolute Gasteiger partial charge is 0.495 e. The van der Waals surface area contributed by atoms with Gasteiger partial charge in [0.15, 0.2) is 0 Å². The lowest BCUT2D eigenvalue weighted by atomic mass is 10.1. The number of benzene rings is 1. The third-order valence-electron chi connectivity index (χ3n) is 6.43. The van der Waals surface area contributed by atoms with Crippen LogP contribution in [0.3, 0.4) is 0 Å². The molecule has 5 N–H and O–H groups in total. The zero-order valence-corrected chi connectivity index (χ0v) is 22.2. The average Bonchev–Trinajstić information content (AvgIpc) is 3.38. The first-order chi connectivity index (χ1) is 18.8. The molecule has 1 saturated heterocycles. The van der Waals surface area contributed by atoms with Gasteiger partial charge in [0.25, 0.3) is 11.8 Å². The Morgan fingerprint density at radius 3 is 2.82 bits per heavy atom. The molecule has 13 nitrogen and oxygen atoms in total. The van der Waals surface area contributed by atoms with Crippen LogP contribution in [0.1, 0.15) is 51.6 Å². The lowest BCUT2D eigenvalue weighted by molar-refractivity contribution is 0.0952. The standard InChI is InChI=1S/C26H32N10O3/c1-16-10-17(25(38)29-8-5-7-27)11-21(39-3)22(16)33-24-20(23(28)37)13-30-26(34-24)32-18-12-31-36(14-18)19-6-4-9-35(2)15-19/h10-14,19H,4-6,8-9,15H2,1-3H3,(H2,28,37)(H,29,38)(H2,30,32,33,34). The number of piperidine rings is 1. The van der Waals surface area contributed by atoms with E-state index in [9.17, 15) is 9.59 Å². The normalized spacial score (nSPS) is 15.3. The molecule has 1 fully saturated rings. The number of primary amides is 1. The molecule has 13 heteroatoms. The van der Waals surface area contributed by atoms with E-state index in [0.717, 1.165) is 25.9 Å². The number of hydrogen-bond acceptors (Lipinski definition) is 10. The molecule has 1 aliphatic heterocycles. The fraction of sp³-hybridized carbons (Fsp3) is 0.385. The number of nitrogens with two attached hydrogens (primary N) is 1. The third kappa shape index (κ3) is 6.60. The van der Waals surface area contributed by atoms with E-state index >= 15 is 0 Å². The van der Waals surface area contributed by atoms with Gasteiger partial charge in [0.2, 0.25) is 5.95 Å². The molecule has 1 unspecified atom stereocenters. The molecule has 3 heterocycles. The molecular formula is C26H32N10O3. The number of carbonyl (C=O) groups is 2. The Balaban J connectivity index is 1.57. The molecule has 1 aromatic carbocycles. The number of carbonyl (C=O) groups excluding carboxylic acids is 2. The Morgan fingerprint density at radius 2 is 2.10 bits per heavy atom. The fourth-order valence-electron chi connectivity index (χ4n) is 4.46. The quantitative estimate of drug-likeness (QED) is 0.284. The number of nitrogens with zero attached hydrogens (tertiary/aromatic N) is 6. The van der Waals surface area contributed by atoms with E-state index in [4.69, 9.17) is 15.7 Å². The minimum Gasteiger partial charge on any atom is -0.495 e. The number of nitrogens with one attached hydrogen (secondary N) is 3. The second-order valence-corrected chi connectivity index (χ2v) is 9.37. The second kappa shape index (κ2) is 12.2. The van der Waals surface area contributed by atoms with Crippen LogP contribution < -0.4 is 26.4 Å². The molecule has 3 aromatic rings. The summed E-state index contributed by atoms with van der Waals surface area (Å²) in [6.07, 6.45) is 7.35. The van der Waals surface area contributed by atoms with Crippen LogP contribution in [0.2, 0.25) is 0 Å². The van der Waals surface area contributed by atoms with Crippen molar-refractivity contribution in [3.8, 4) is 11.8 Å². The Bertz CT molecular complexity index is 1400. The van der Waals surface area contributed by atoms with Gasteiger partial charge >= 0.3 is 0 Å². The molecule has 1 atom stereocenters. The molecule has 0 radical (unpaired) electrons. The lowest BCUT2D eigenvalue weighted by Crippen LogP contribution is -2.33. The van der Waals surface area contributed by atoms with E-state index < -0.39 is 5.91 Å². The van der Waals surface area contributed by atoms with Gasteiger partial charge in [-0.15, -0.1) is 0 Å². The zero-order valence-electron chi connectivity index (χ0n) is 22.2. The van der Waals surface area contributed by atoms with Gasteiger partial charge in [0.05, 0.1) is 43.2 Å². The Labute approximate surface area is 226 Å². The van der Waals surface area contributed by atoms with Gasteiger partial charge in [-0.05, 0) is 51.1 Å². The number of anilines is 4. The zero-order chi connectivity index (χ0) is 27.9. The highest BCUT2D eigenvalue weighted by atomic mass is 16.5. The average molecular weight is 533 g/mol. The SMILES string of the molecule is COc1cc(C(=O)NCCC#N)cc(C)c1Nc1nc(Nc2cnn(C3CCCN(C)C3)c2)ncc1C(N)=O. The maximum atomic E-state index is 12.5. The molecule has 0 saturated carbocycles. The molecule has 0 aliphatic carbocycles.